The van der Waals surface area contributed by atoms with Gasteiger partial charge in [0.15, 0.2) is 0 Å². The zero-order valence-electron chi connectivity index (χ0n) is 8.81. The Bertz CT molecular complexity index is 331. The predicted molar refractivity (Wildman–Crippen MR) is 59.7 cm³/mol. The number of nitrogens with one attached hydrogen (secondary N) is 1. The lowest BCUT2D eigenvalue weighted by atomic mass is 10.2. The largest absolute Gasteiger partial charge is 0.375 e. The normalized spacial score (nSPS) is 21.5. The molecule has 1 unspecified atom stereocenters. The number of aromatic nitrogens is 1. The summed E-state index contributed by atoms with van der Waals surface area (Å²) in [5, 5.41) is 0. The van der Waals surface area contributed by atoms with Crippen molar-refractivity contribution in [3.8, 4) is 0 Å². The van der Waals surface area contributed by atoms with Crippen LogP contribution in [0.4, 0.5) is 11.5 Å². The maximum Gasteiger partial charge on any atom is 0.141 e. The van der Waals surface area contributed by atoms with Crippen LogP contribution in [0.25, 0.3) is 0 Å². The Morgan fingerprint density at radius 2 is 2.53 bits per heavy atom. The summed E-state index contributed by atoms with van der Waals surface area (Å²) in [5.74, 6) is 6.01. The van der Waals surface area contributed by atoms with Crippen LogP contribution in [0.15, 0.2) is 18.3 Å². The molecule has 82 valence electrons. The maximum absolute atomic E-state index is 5.49. The first-order valence-electron chi connectivity index (χ1n) is 5.09. The summed E-state index contributed by atoms with van der Waals surface area (Å²) in [5.41, 5.74) is 3.68. The van der Waals surface area contributed by atoms with Gasteiger partial charge in [-0.25, -0.2) is 10.8 Å². The van der Waals surface area contributed by atoms with E-state index < -0.39 is 0 Å². The van der Waals surface area contributed by atoms with E-state index in [1.807, 2.05) is 12.1 Å². The molecule has 0 bridgehead atoms. The lowest BCUT2D eigenvalue weighted by Crippen LogP contribution is -2.41. The van der Waals surface area contributed by atoms with Gasteiger partial charge >= 0.3 is 0 Å². The molecular weight excluding hydrogens is 192 g/mol. The molecule has 1 aliphatic heterocycles. The van der Waals surface area contributed by atoms with E-state index in [-0.39, 0.29) is 6.10 Å². The Hall–Kier alpha value is -1.33. The van der Waals surface area contributed by atoms with E-state index in [0.717, 1.165) is 25.4 Å². The Labute approximate surface area is 89.2 Å². The highest BCUT2D eigenvalue weighted by atomic mass is 16.5. The molecule has 2 rings (SSSR count). The van der Waals surface area contributed by atoms with Gasteiger partial charge in [-0.2, -0.15) is 0 Å². The van der Waals surface area contributed by atoms with Crippen molar-refractivity contribution in [1.29, 1.82) is 0 Å². The number of morpholine rings is 1. The maximum atomic E-state index is 5.49. The van der Waals surface area contributed by atoms with Crippen LogP contribution in [0.5, 0.6) is 0 Å². The fourth-order valence-electron chi connectivity index (χ4n) is 1.75. The number of anilines is 2. The fraction of sp³-hybridized carbons (Fsp3) is 0.500. The summed E-state index contributed by atoms with van der Waals surface area (Å²) in [7, 11) is 0. The Balaban J connectivity index is 2.13. The zero-order valence-corrected chi connectivity index (χ0v) is 8.81. The summed E-state index contributed by atoms with van der Waals surface area (Å²) in [6.45, 7) is 4.68. The van der Waals surface area contributed by atoms with E-state index in [2.05, 4.69) is 22.2 Å². The first-order chi connectivity index (χ1) is 7.29. The molecule has 0 saturated carbocycles. The molecule has 3 N–H and O–H groups in total. The van der Waals surface area contributed by atoms with Gasteiger partial charge in [0.05, 0.1) is 12.7 Å². The summed E-state index contributed by atoms with van der Waals surface area (Å²) in [6, 6.07) is 3.93. The number of ether oxygens (including phenoxy) is 1. The highest BCUT2D eigenvalue weighted by Crippen LogP contribution is 2.19. The van der Waals surface area contributed by atoms with Crippen molar-refractivity contribution >= 4 is 11.5 Å². The zero-order chi connectivity index (χ0) is 10.7. The number of nitrogens with zero attached hydrogens (tertiary/aromatic N) is 2. The smallest absolute Gasteiger partial charge is 0.141 e. The first-order valence-corrected chi connectivity index (χ1v) is 5.09. The second-order valence-electron chi connectivity index (χ2n) is 3.67. The van der Waals surface area contributed by atoms with Crippen molar-refractivity contribution < 1.29 is 4.74 Å². The van der Waals surface area contributed by atoms with Crippen LogP contribution < -0.4 is 16.2 Å². The summed E-state index contributed by atoms with van der Waals surface area (Å²) in [4.78, 5) is 6.35. The van der Waals surface area contributed by atoms with Crippen molar-refractivity contribution in [2.75, 3.05) is 30.0 Å². The number of nitrogen functional groups attached to an aromatic ring is 1. The van der Waals surface area contributed by atoms with Gasteiger partial charge in [-0.05, 0) is 13.0 Å². The average molecular weight is 208 g/mol. The minimum absolute atomic E-state index is 0.279. The second kappa shape index (κ2) is 4.46. The van der Waals surface area contributed by atoms with Crippen molar-refractivity contribution in [1.82, 2.24) is 4.98 Å². The monoisotopic (exact) mass is 208 g/mol. The summed E-state index contributed by atoms with van der Waals surface area (Å²) < 4.78 is 5.49. The molecule has 0 spiro atoms. The summed E-state index contributed by atoms with van der Waals surface area (Å²) in [6.07, 6.45) is 2.03. The molecular formula is C10H16N4O. The van der Waals surface area contributed by atoms with Gasteiger partial charge in [0.1, 0.15) is 5.82 Å². The second-order valence-corrected chi connectivity index (χ2v) is 3.67. The van der Waals surface area contributed by atoms with E-state index in [0.29, 0.717) is 5.82 Å². The van der Waals surface area contributed by atoms with Gasteiger partial charge in [-0.3, -0.25) is 0 Å². The highest BCUT2D eigenvalue weighted by Gasteiger charge is 2.16. The molecule has 5 heteroatoms. The van der Waals surface area contributed by atoms with E-state index in [4.69, 9.17) is 10.6 Å². The molecule has 0 radical (unpaired) electrons. The molecule has 1 saturated heterocycles. The minimum atomic E-state index is 0.279. The van der Waals surface area contributed by atoms with Crippen molar-refractivity contribution in [2.45, 2.75) is 13.0 Å². The summed E-state index contributed by atoms with van der Waals surface area (Å²) >= 11 is 0. The number of hydrogen-bond donors (Lipinski definition) is 2. The molecule has 1 aromatic heterocycles. The van der Waals surface area contributed by atoms with Gasteiger partial charge in [-0.15, -0.1) is 0 Å². The van der Waals surface area contributed by atoms with Crippen LogP contribution in [-0.2, 0) is 4.74 Å². The molecule has 1 aromatic rings. The van der Waals surface area contributed by atoms with Gasteiger partial charge in [0.25, 0.3) is 0 Å². The van der Waals surface area contributed by atoms with Crippen LogP contribution in [0, 0.1) is 0 Å². The third kappa shape index (κ3) is 2.37. The van der Waals surface area contributed by atoms with Crippen molar-refractivity contribution in [3.63, 3.8) is 0 Å². The third-order valence-corrected chi connectivity index (χ3v) is 2.50. The van der Waals surface area contributed by atoms with Crippen LogP contribution >= 0.6 is 0 Å². The van der Waals surface area contributed by atoms with Crippen LogP contribution in [0.2, 0.25) is 0 Å². The number of hydrogen-bond acceptors (Lipinski definition) is 5. The Morgan fingerprint density at radius 3 is 3.27 bits per heavy atom. The van der Waals surface area contributed by atoms with Crippen LogP contribution in [0.1, 0.15) is 6.92 Å². The number of nitrogens with two attached hydrogens (primary N) is 1. The molecule has 0 aromatic carbocycles. The van der Waals surface area contributed by atoms with E-state index in [1.54, 1.807) is 6.20 Å². The van der Waals surface area contributed by atoms with Crippen LogP contribution in [-0.4, -0.2) is 30.8 Å². The van der Waals surface area contributed by atoms with Gasteiger partial charge in [0, 0.05) is 31.0 Å². The van der Waals surface area contributed by atoms with Gasteiger partial charge in [-0.1, -0.05) is 0 Å². The first kappa shape index (κ1) is 10.2. The topological polar surface area (TPSA) is 63.4 Å². The minimum Gasteiger partial charge on any atom is -0.375 e. The van der Waals surface area contributed by atoms with Crippen molar-refractivity contribution in [3.05, 3.63) is 18.3 Å². The number of hydrazine groups is 1. The molecule has 0 aliphatic carbocycles. The number of rotatable bonds is 2. The standard InChI is InChI=1S/C10H16N4O/c1-8-7-14(4-5-15-8)9-2-3-12-10(6-9)13-11/h2-3,6,8H,4-5,7,11H2,1H3,(H,12,13). The quantitative estimate of drug-likeness (QED) is 0.550. The third-order valence-electron chi connectivity index (χ3n) is 2.50. The Morgan fingerprint density at radius 1 is 1.67 bits per heavy atom. The Kier molecular flexibility index (Phi) is 3.03. The number of pyridine rings is 1. The molecule has 2 heterocycles. The van der Waals surface area contributed by atoms with Gasteiger partial charge < -0.3 is 15.1 Å². The highest BCUT2D eigenvalue weighted by molar-refractivity contribution is 5.53. The predicted octanol–water partition coefficient (Wildman–Crippen LogP) is 0.592. The lowest BCUT2D eigenvalue weighted by molar-refractivity contribution is 0.0532. The average Bonchev–Trinajstić information content (AvgIpc) is 2.29. The van der Waals surface area contributed by atoms with E-state index in [1.165, 1.54) is 0 Å². The molecule has 15 heavy (non-hydrogen) atoms. The molecule has 1 fully saturated rings. The van der Waals surface area contributed by atoms with E-state index in [9.17, 15) is 0 Å². The SMILES string of the molecule is CC1CN(c2ccnc(NN)c2)CCO1. The lowest BCUT2D eigenvalue weighted by Gasteiger charge is -2.32. The van der Waals surface area contributed by atoms with E-state index >= 15 is 0 Å². The fourth-order valence-corrected chi connectivity index (χ4v) is 1.75. The van der Waals surface area contributed by atoms with Crippen molar-refractivity contribution in [2.24, 2.45) is 5.84 Å². The molecule has 1 aliphatic rings. The molecule has 1 atom stereocenters. The molecule has 5 nitrogen and oxygen atoms in total. The van der Waals surface area contributed by atoms with Gasteiger partial charge in [0.2, 0.25) is 0 Å². The molecule has 0 amide bonds. The van der Waals surface area contributed by atoms with Crippen LogP contribution in [0.3, 0.4) is 0 Å².